The molecule has 0 aromatic heterocycles. The van der Waals surface area contributed by atoms with Gasteiger partial charge in [-0.25, -0.2) is 0 Å². The first kappa shape index (κ1) is 17.4. The van der Waals surface area contributed by atoms with Crippen LogP contribution < -0.4 is 17.7 Å². The summed E-state index contributed by atoms with van der Waals surface area (Å²) < 4.78 is 0. The van der Waals surface area contributed by atoms with Gasteiger partial charge in [0.1, 0.15) is 12.1 Å². The van der Waals surface area contributed by atoms with Gasteiger partial charge in [-0.2, -0.15) is 0 Å². The molecule has 0 spiro atoms. The number of benzene rings is 2. The lowest BCUT2D eigenvalue weighted by Crippen LogP contribution is -3.00. The Morgan fingerprint density at radius 2 is 1.57 bits per heavy atom. The number of quaternary nitrogens is 1. The predicted molar refractivity (Wildman–Crippen MR) is 83.1 cm³/mol. The smallest absolute Gasteiger partial charge is 0.130 e. The number of halogens is 1. The second-order valence-electron chi connectivity index (χ2n) is 5.00. The normalized spacial score (nSPS) is 13.6. The van der Waals surface area contributed by atoms with Crippen molar-refractivity contribution < 1.29 is 22.8 Å². The van der Waals surface area contributed by atoms with E-state index in [1.807, 2.05) is 55.5 Å². The molecule has 3 N–H and O–H groups in total. The van der Waals surface area contributed by atoms with Crippen LogP contribution in [0.25, 0.3) is 6.08 Å². The first-order chi connectivity index (χ1) is 9.77. The van der Waals surface area contributed by atoms with Gasteiger partial charge in [-0.05, 0) is 24.1 Å². The minimum Gasteiger partial charge on any atom is -1.00 e. The van der Waals surface area contributed by atoms with E-state index in [4.69, 9.17) is 0 Å². The van der Waals surface area contributed by atoms with Crippen molar-refractivity contribution in [3.63, 3.8) is 0 Å². The number of aliphatic hydroxyl groups excluding tert-OH is 1. The zero-order valence-corrected chi connectivity index (χ0v) is 12.9. The lowest BCUT2D eigenvalue weighted by atomic mass is 10.0. The Morgan fingerprint density at radius 3 is 2.19 bits per heavy atom. The van der Waals surface area contributed by atoms with E-state index in [0.717, 1.165) is 12.1 Å². The summed E-state index contributed by atoms with van der Waals surface area (Å²) in [5, 5.41) is 12.4. The van der Waals surface area contributed by atoms with Gasteiger partial charge in [-0.1, -0.05) is 66.7 Å². The average Bonchev–Trinajstić information content (AvgIpc) is 2.52. The maximum atomic E-state index is 10.3. The van der Waals surface area contributed by atoms with Crippen LogP contribution in [0.1, 0.15) is 24.2 Å². The molecule has 0 bridgehead atoms. The fourth-order valence-corrected chi connectivity index (χ4v) is 2.14. The molecule has 0 fully saturated rings. The molecule has 2 unspecified atom stereocenters. The molecular weight excluding hydrogens is 282 g/mol. The van der Waals surface area contributed by atoms with E-state index in [-0.39, 0.29) is 18.4 Å². The molecule has 0 aliphatic carbocycles. The Balaban J connectivity index is 0.00000220. The van der Waals surface area contributed by atoms with Crippen molar-refractivity contribution in [3.05, 3.63) is 77.9 Å². The van der Waals surface area contributed by atoms with Crippen molar-refractivity contribution in [2.75, 3.05) is 6.54 Å². The number of rotatable bonds is 6. The van der Waals surface area contributed by atoms with E-state index < -0.39 is 6.10 Å². The molecule has 0 amide bonds. The third-order valence-electron chi connectivity index (χ3n) is 3.39. The fraction of sp³-hybridized carbons (Fsp3) is 0.222. The Morgan fingerprint density at radius 1 is 1.00 bits per heavy atom. The van der Waals surface area contributed by atoms with E-state index in [1.54, 1.807) is 0 Å². The number of hydrogen-bond donors (Lipinski definition) is 2. The van der Waals surface area contributed by atoms with E-state index in [9.17, 15) is 5.11 Å². The topological polar surface area (TPSA) is 36.8 Å². The quantitative estimate of drug-likeness (QED) is 0.734. The summed E-state index contributed by atoms with van der Waals surface area (Å²) in [6, 6.07) is 20.2. The van der Waals surface area contributed by atoms with Gasteiger partial charge >= 0.3 is 0 Å². The standard InChI is InChI=1S/C18H21NO.ClH/c1-15(18(20)17-12-6-3-7-13-17)19-14-8-11-16-9-4-2-5-10-16;/h2-13,15,18-20H,14H2,1H3;1H/b11-8+;. The Labute approximate surface area is 132 Å². The largest absolute Gasteiger partial charge is 1.00 e. The third-order valence-corrected chi connectivity index (χ3v) is 3.39. The highest BCUT2D eigenvalue weighted by molar-refractivity contribution is 5.48. The second kappa shape index (κ2) is 9.35. The third kappa shape index (κ3) is 5.72. The number of hydrogen-bond acceptors (Lipinski definition) is 1. The molecule has 2 rings (SSSR count). The summed E-state index contributed by atoms with van der Waals surface area (Å²) in [6.07, 6.45) is 3.81. The Hall–Kier alpha value is -1.61. The van der Waals surface area contributed by atoms with Crippen LogP contribution in [0.15, 0.2) is 66.7 Å². The van der Waals surface area contributed by atoms with E-state index >= 15 is 0 Å². The molecule has 112 valence electrons. The molecule has 2 nitrogen and oxygen atoms in total. The summed E-state index contributed by atoms with van der Waals surface area (Å²) in [5.41, 5.74) is 2.18. The van der Waals surface area contributed by atoms with Crippen molar-refractivity contribution in [3.8, 4) is 0 Å². The average molecular weight is 304 g/mol. The summed E-state index contributed by atoms with van der Waals surface area (Å²) >= 11 is 0. The van der Waals surface area contributed by atoms with Gasteiger partial charge in [-0.3, -0.25) is 0 Å². The van der Waals surface area contributed by atoms with Crippen LogP contribution in [-0.4, -0.2) is 17.7 Å². The van der Waals surface area contributed by atoms with Crippen molar-refractivity contribution in [2.24, 2.45) is 0 Å². The molecule has 2 aromatic carbocycles. The summed E-state index contributed by atoms with van der Waals surface area (Å²) in [4.78, 5) is 0. The molecule has 0 saturated carbocycles. The molecule has 2 aromatic rings. The molecule has 0 saturated heterocycles. The summed E-state index contributed by atoms with van der Waals surface area (Å²) in [6.45, 7) is 2.91. The van der Waals surface area contributed by atoms with Gasteiger partial charge in [0.15, 0.2) is 0 Å². The summed E-state index contributed by atoms with van der Waals surface area (Å²) in [7, 11) is 0. The monoisotopic (exact) mass is 303 g/mol. The van der Waals surface area contributed by atoms with Crippen LogP contribution in [-0.2, 0) is 0 Å². The van der Waals surface area contributed by atoms with E-state index in [2.05, 4.69) is 29.6 Å². The highest BCUT2D eigenvalue weighted by atomic mass is 35.5. The SMILES string of the molecule is CC([NH2+]C/C=C/c1ccccc1)C(O)c1ccccc1.[Cl-]. The highest BCUT2D eigenvalue weighted by Gasteiger charge is 2.17. The van der Waals surface area contributed by atoms with Gasteiger partial charge in [0.25, 0.3) is 0 Å². The van der Waals surface area contributed by atoms with E-state index in [0.29, 0.717) is 0 Å². The Bertz CT molecular complexity index is 527. The molecule has 21 heavy (non-hydrogen) atoms. The Kier molecular flexibility index (Phi) is 7.76. The van der Waals surface area contributed by atoms with Crippen LogP contribution in [0.2, 0.25) is 0 Å². The van der Waals surface area contributed by atoms with Crippen LogP contribution in [0.5, 0.6) is 0 Å². The zero-order chi connectivity index (χ0) is 14.2. The lowest BCUT2D eigenvalue weighted by Gasteiger charge is -2.16. The molecular formula is C18H22ClNO. The van der Waals surface area contributed by atoms with Crippen molar-refractivity contribution >= 4 is 6.08 Å². The lowest BCUT2D eigenvalue weighted by molar-refractivity contribution is -0.686. The first-order valence-corrected chi connectivity index (χ1v) is 7.05. The van der Waals surface area contributed by atoms with Gasteiger partial charge in [-0.15, -0.1) is 0 Å². The predicted octanol–water partition coefficient (Wildman–Crippen LogP) is -0.611. The highest BCUT2D eigenvalue weighted by Crippen LogP contribution is 2.13. The number of aliphatic hydroxyl groups is 1. The van der Waals surface area contributed by atoms with E-state index in [1.165, 1.54) is 5.56 Å². The van der Waals surface area contributed by atoms with Gasteiger partial charge in [0, 0.05) is 0 Å². The van der Waals surface area contributed by atoms with Crippen molar-refractivity contribution in [2.45, 2.75) is 19.1 Å². The van der Waals surface area contributed by atoms with Crippen LogP contribution >= 0.6 is 0 Å². The van der Waals surface area contributed by atoms with Crippen LogP contribution in [0.3, 0.4) is 0 Å². The van der Waals surface area contributed by atoms with Gasteiger partial charge in [0.05, 0.1) is 6.54 Å². The molecule has 0 aliphatic heterocycles. The summed E-state index contributed by atoms with van der Waals surface area (Å²) in [5.74, 6) is 0. The minimum atomic E-state index is -0.429. The maximum absolute atomic E-state index is 10.3. The number of nitrogens with two attached hydrogens (primary N) is 1. The zero-order valence-electron chi connectivity index (χ0n) is 12.2. The molecule has 3 heteroatoms. The van der Waals surface area contributed by atoms with Crippen LogP contribution in [0, 0.1) is 0 Å². The van der Waals surface area contributed by atoms with Crippen LogP contribution in [0.4, 0.5) is 0 Å². The second-order valence-corrected chi connectivity index (χ2v) is 5.00. The van der Waals surface area contributed by atoms with Crippen molar-refractivity contribution in [1.82, 2.24) is 0 Å². The molecule has 2 atom stereocenters. The van der Waals surface area contributed by atoms with Crippen molar-refractivity contribution in [1.29, 1.82) is 0 Å². The molecule has 0 aliphatic rings. The van der Waals surface area contributed by atoms with Gasteiger partial charge in [0.2, 0.25) is 0 Å². The fourth-order valence-electron chi connectivity index (χ4n) is 2.14. The minimum absolute atomic E-state index is 0. The van der Waals surface area contributed by atoms with Gasteiger partial charge < -0.3 is 22.8 Å². The first-order valence-electron chi connectivity index (χ1n) is 7.05. The molecule has 0 radical (unpaired) electrons. The molecule has 0 heterocycles. The maximum Gasteiger partial charge on any atom is 0.130 e.